The number of aliphatic hydroxyl groups excluding tert-OH is 2. The Morgan fingerprint density at radius 1 is 0.597 bits per heavy atom. The lowest BCUT2D eigenvalue weighted by atomic mass is 9.97. The highest BCUT2D eigenvalue weighted by molar-refractivity contribution is 7.86. The molecule has 2 N–H and O–H groups in total. The Kier molecular flexibility index (Phi) is 16.3. The highest BCUT2D eigenvalue weighted by atomic mass is 32.2. The Hall–Kier alpha value is -5.04. The van der Waals surface area contributed by atoms with Crippen LogP contribution in [0.5, 0.6) is 0 Å². The van der Waals surface area contributed by atoms with Gasteiger partial charge in [0.05, 0.1) is 72.1 Å². The van der Waals surface area contributed by atoms with Crippen LogP contribution >= 0.6 is 0 Å². The minimum atomic E-state index is -4.69. The molecule has 3 aromatic heterocycles. The molecule has 6 rings (SSSR count). The van der Waals surface area contributed by atoms with Crippen molar-refractivity contribution < 1.29 is 74.9 Å². The number of hydrogen-bond acceptors (Lipinski definition) is 12. The molecule has 23 heteroatoms. The molecule has 5 aromatic rings. The van der Waals surface area contributed by atoms with Crippen LogP contribution in [0.25, 0.3) is 0 Å². The number of alkyl halides is 9. The quantitative estimate of drug-likeness (QED) is 0.100. The van der Waals surface area contributed by atoms with E-state index in [2.05, 4.69) is 52.5 Å². The predicted octanol–water partition coefficient (Wildman–Crippen LogP) is 7.34. The summed E-state index contributed by atoms with van der Waals surface area (Å²) in [6.45, 7) is -1.46. The van der Waals surface area contributed by atoms with Crippen LogP contribution in [0, 0.1) is 0 Å². The minimum Gasteiger partial charge on any atom is -0.392 e. The van der Waals surface area contributed by atoms with Crippen LogP contribution in [0.15, 0.2) is 97.5 Å². The largest absolute Gasteiger partial charge is 0.417 e. The first-order chi connectivity index (χ1) is 28.8. The fraction of sp³-hybridized carbons (Fsp3) is 0.308. The van der Waals surface area contributed by atoms with Crippen molar-refractivity contribution in [3.63, 3.8) is 0 Å². The molecule has 336 valence electrons. The Morgan fingerprint density at radius 3 is 1.48 bits per heavy atom. The predicted molar refractivity (Wildman–Crippen MR) is 203 cm³/mol. The van der Waals surface area contributed by atoms with Crippen LogP contribution in [0.3, 0.4) is 0 Å². The number of aromatic nitrogens is 3. The minimum absolute atomic E-state index is 0.0117. The summed E-state index contributed by atoms with van der Waals surface area (Å²) in [6.07, 6.45) is -10.0. The maximum atomic E-state index is 13.0. The number of hydrogen-bond donors (Lipinski definition) is 2. The fourth-order valence-corrected chi connectivity index (χ4v) is 6.43. The zero-order valence-corrected chi connectivity index (χ0v) is 34.0. The lowest BCUT2D eigenvalue weighted by Crippen LogP contribution is -2.24. The van der Waals surface area contributed by atoms with E-state index in [1.165, 1.54) is 6.07 Å². The van der Waals surface area contributed by atoms with Crippen molar-refractivity contribution in [1.82, 2.24) is 19.9 Å². The third kappa shape index (κ3) is 14.8. The van der Waals surface area contributed by atoms with Gasteiger partial charge in [0.1, 0.15) is 6.61 Å². The topological polar surface area (TPSA) is 169 Å². The third-order valence-corrected chi connectivity index (χ3v) is 9.73. The summed E-state index contributed by atoms with van der Waals surface area (Å²) in [4.78, 5) is 13.1. The number of nitrogens with zero attached hydrogens (tertiary/aromatic N) is 4. The van der Waals surface area contributed by atoms with E-state index in [1.54, 1.807) is 0 Å². The van der Waals surface area contributed by atoms with Gasteiger partial charge in [0, 0.05) is 42.8 Å². The molecular formula is C39H37F9N4O8S2. The van der Waals surface area contributed by atoms with E-state index in [0.29, 0.717) is 37.1 Å². The second kappa shape index (κ2) is 20.4. The molecule has 0 bridgehead atoms. The van der Waals surface area contributed by atoms with Crippen molar-refractivity contribution in [3.8, 4) is 0 Å². The molecule has 0 radical (unpaired) electrons. The summed E-state index contributed by atoms with van der Waals surface area (Å²) in [5.41, 5.74) is 0.473. The highest BCUT2D eigenvalue weighted by Gasteiger charge is 2.35. The maximum Gasteiger partial charge on any atom is 0.417 e. The molecule has 62 heavy (non-hydrogen) atoms. The monoisotopic (exact) mass is 924 g/mol. The number of fused-ring (bicyclic) bond motifs is 1. The van der Waals surface area contributed by atoms with Crippen molar-refractivity contribution in [2.24, 2.45) is 0 Å². The first-order valence-electron chi connectivity index (χ1n) is 17.7. The van der Waals surface area contributed by atoms with Gasteiger partial charge in [-0.05, 0) is 34.9 Å². The molecule has 1 aliphatic heterocycles. The summed E-state index contributed by atoms with van der Waals surface area (Å²) in [5, 5.41) is 17.4. The second-order valence-corrected chi connectivity index (χ2v) is 16.6. The zero-order valence-electron chi connectivity index (χ0n) is 32.4. The lowest BCUT2D eigenvalue weighted by molar-refractivity contribution is -0.138. The molecule has 4 heterocycles. The number of pyridine rings is 3. The fourth-order valence-electron chi connectivity index (χ4n) is 5.76. The Balaban J connectivity index is 0.000000214. The Labute approximate surface area is 349 Å². The van der Waals surface area contributed by atoms with Gasteiger partial charge in [-0.2, -0.15) is 56.3 Å². The molecule has 0 amide bonds. The van der Waals surface area contributed by atoms with Gasteiger partial charge >= 0.3 is 18.5 Å². The van der Waals surface area contributed by atoms with Gasteiger partial charge in [-0.3, -0.25) is 28.2 Å². The maximum absolute atomic E-state index is 13.0. The van der Waals surface area contributed by atoms with Crippen LogP contribution in [0.1, 0.15) is 67.6 Å². The molecule has 0 saturated heterocycles. The molecule has 0 spiro atoms. The number of aliphatic hydroxyl groups is 2. The van der Waals surface area contributed by atoms with E-state index >= 15 is 0 Å². The summed E-state index contributed by atoms with van der Waals surface area (Å²) < 4.78 is 166. The molecule has 12 nitrogen and oxygen atoms in total. The molecule has 2 aromatic carbocycles. The van der Waals surface area contributed by atoms with E-state index in [0.717, 1.165) is 41.6 Å². The van der Waals surface area contributed by atoms with E-state index in [-0.39, 0.29) is 28.6 Å². The van der Waals surface area contributed by atoms with E-state index in [4.69, 9.17) is 10.2 Å². The normalized spacial score (nSPS) is 13.5. The standard InChI is InChI=1S/C21H17F3N2.C10H12F3NO6S2.C8H8F3NO2/c22-21(23,24)18-11-17-13-26(14-19(17)25-12-18)20(15-7-3-1-4-8-15)16-9-5-2-6-10-16;1-21(15,16)19-5-7-3-8(10(11,12)13)4-14-9(7)6-20-22(2,17)18;9-8(10,11)6-1-5(3-13)7(4-14)12-2-6/h1-12,20H,13-14H2;3-4H,5-6H2,1-2H3;1-2,13-14H,3-4H2. The summed E-state index contributed by atoms with van der Waals surface area (Å²) in [7, 11) is -7.74. The second-order valence-electron chi connectivity index (χ2n) is 13.4. The summed E-state index contributed by atoms with van der Waals surface area (Å²) in [5.74, 6) is 0. The summed E-state index contributed by atoms with van der Waals surface area (Å²) in [6, 6.07) is 22.7. The van der Waals surface area contributed by atoms with Crippen LogP contribution in [-0.2, 0) is 86.6 Å². The van der Waals surface area contributed by atoms with Crippen molar-refractivity contribution in [2.45, 2.75) is 64.1 Å². The van der Waals surface area contributed by atoms with Crippen molar-refractivity contribution in [3.05, 3.63) is 159 Å². The van der Waals surface area contributed by atoms with Gasteiger partial charge in [-0.25, -0.2) is 0 Å². The van der Waals surface area contributed by atoms with E-state index < -0.39 is 81.9 Å². The lowest BCUT2D eigenvalue weighted by Gasteiger charge is -2.28. The van der Waals surface area contributed by atoms with Crippen LogP contribution in [0.4, 0.5) is 39.5 Å². The number of rotatable bonds is 11. The zero-order chi connectivity index (χ0) is 46.1. The SMILES string of the molecule is CS(=O)(=O)OCc1cc(C(F)(F)F)cnc1COS(C)(=O)=O.FC(F)(F)c1cnc2c(c1)CN(C(c1ccccc1)c1ccccc1)C2.OCc1cc(C(F)(F)F)cnc1CO. The van der Waals surface area contributed by atoms with E-state index in [1.807, 2.05) is 36.4 Å². The van der Waals surface area contributed by atoms with Crippen molar-refractivity contribution in [2.75, 3.05) is 12.5 Å². The first kappa shape index (κ1) is 49.6. The Morgan fingerprint density at radius 2 is 1.03 bits per heavy atom. The molecule has 0 atom stereocenters. The van der Waals surface area contributed by atoms with Gasteiger partial charge < -0.3 is 10.2 Å². The molecule has 0 unspecified atom stereocenters. The van der Waals surface area contributed by atoms with Gasteiger partial charge in [0.2, 0.25) is 0 Å². The number of halogens is 9. The molecule has 0 fully saturated rings. The van der Waals surface area contributed by atoms with Crippen molar-refractivity contribution in [1.29, 1.82) is 0 Å². The van der Waals surface area contributed by atoms with Gasteiger partial charge in [0.25, 0.3) is 20.2 Å². The van der Waals surface area contributed by atoms with Gasteiger partial charge in [-0.1, -0.05) is 60.7 Å². The van der Waals surface area contributed by atoms with Gasteiger partial charge in [0.15, 0.2) is 0 Å². The molecule has 1 aliphatic rings. The average molecular weight is 925 g/mol. The average Bonchev–Trinajstić information content (AvgIpc) is 3.62. The van der Waals surface area contributed by atoms with Crippen molar-refractivity contribution >= 4 is 20.2 Å². The molecule has 0 saturated carbocycles. The molecule has 0 aliphatic carbocycles. The number of benzene rings is 2. The highest BCUT2D eigenvalue weighted by Crippen LogP contribution is 2.38. The first-order valence-corrected chi connectivity index (χ1v) is 21.3. The smallest absolute Gasteiger partial charge is 0.392 e. The van der Waals surface area contributed by atoms with Gasteiger partial charge in [-0.15, -0.1) is 0 Å². The third-order valence-electron chi connectivity index (χ3n) is 8.64. The van der Waals surface area contributed by atoms with Crippen LogP contribution < -0.4 is 0 Å². The molecular weight excluding hydrogens is 888 g/mol. The van der Waals surface area contributed by atoms with Crippen LogP contribution in [0.2, 0.25) is 0 Å². The summed E-state index contributed by atoms with van der Waals surface area (Å²) >= 11 is 0. The Bertz CT molecular complexity index is 2460. The van der Waals surface area contributed by atoms with E-state index in [9.17, 15) is 56.3 Å². The van der Waals surface area contributed by atoms with Crippen LogP contribution in [-0.4, -0.2) is 59.4 Å².